The van der Waals surface area contributed by atoms with Crippen LogP contribution in [0.25, 0.3) is 0 Å². The fourth-order valence-corrected chi connectivity index (χ4v) is 5.36. The molecular weight excluding hydrogens is 236 g/mol. The Bertz CT molecular complexity index is 121. The summed E-state index contributed by atoms with van der Waals surface area (Å²) < 4.78 is 17.0. The van der Waals surface area contributed by atoms with Gasteiger partial charge in [-0.25, -0.2) is 0 Å². The molecule has 86 valence electrons. The van der Waals surface area contributed by atoms with E-state index >= 15 is 0 Å². The van der Waals surface area contributed by atoms with Gasteiger partial charge in [0, 0.05) is 31.6 Å². The molecule has 0 aromatic heterocycles. The van der Waals surface area contributed by atoms with Crippen LogP contribution >= 0.6 is 22.5 Å². The molecule has 0 radical (unpaired) electrons. The summed E-state index contributed by atoms with van der Waals surface area (Å²) >= 11 is 4.11. The van der Waals surface area contributed by atoms with Gasteiger partial charge in [-0.3, -0.25) is 0 Å². The summed E-state index contributed by atoms with van der Waals surface area (Å²) in [5.41, 5.74) is 0. The maximum Gasteiger partial charge on any atom is 0.501 e. The second-order valence-electron chi connectivity index (χ2n) is 2.57. The summed E-state index contributed by atoms with van der Waals surface area (Å²) in [6.45, 7) is 7.82. The van der Waals surface area contributed by atoms with E-state index in [0.29, 0.717) is 19.8 Å². The molecule has 0 aliphatic rings. The minimum atomic E-state index is -2.39. The molecule has 0 saturated carbocycles. The van der Waals surface area contributed by atoms with Crippen molar-refractivity contribution in [1.82, 2.24) is 0 Å². The lowest BCUT2D eigenvalue weighted by molar-refractivity contribution is 0.0729. The van der Waals surface area contributed by atoms with Crippen LogP contribution in [0.3, 0.4) is 0 Å². The molecule has 0 bridgehead atoms. The van der Waals surface area contributed by atoms with Crippen LogP contribution in [0.2, 0.25) is 6.04 Å². The molecule has 0 N–H and O–H groups in total. The van der Waals surface area contributed by atoms with Crippen molar-refractivity contribution < 1.29 is 13.3 Å². The molecule has 14 heavy (non-hydrogen) atoms. The number of thiol groups is 1. The Labute approximate surface area is 97.1 Å². The molecule has 0 aromatic carbocycles. The average Bonchev–Trinajstić information content (AvgIpc) is 2.16. The fourth-order valence-electron chi connectivity index (χ4n) is 1.17. The molecule has 0 heterocycles. The molecule has 0 amide bonds. The highest BCUT2D eigenvalue weighted by Gasteiger charge is 2.39. The Kier molecular flexibility index (Phi) is 9.57. The van der Waals surface area contributed by atoms with E-state index in [-0.39, 0.29) is 0 Å². The zero-order chi connectivity index (χ0) is 10.9. The number of rotatable bonds is 9. The van der Waals surface area contributed by atoms with Gasteiger partial charge in [0.25, 0.3) is 0 Å². The first-order chi connectivity index (χ1) is 6.74. The molecule has 0 aliphatic heterocycles. The monoisotopic (exact) mass is 256 g/mol. The molecule has 0 fully saturated rings. The fraction of sp³-hybridized carbons (Fsp3) is 1.00. The van der Waals surface area contributed by atoms with Crippen molar-refractivity contribution in [2.75, 3.05) is 25.6 Å². The largest absolute Gasteiger partial charge is 0.501 e. The molecule has 0 rings (SSSR count). The van der Waals surface area contributed by atoms with Gasteiger partial charge in [-0.05, 0) is 20.8 Å². The Hall–Kier alpha value is 0.797. The van der Waals surface area contributed by atoms with Gasteiger partial charge >= 0.3 is 8.80 Å². The zero-order valence-corrected chi connectivity index (χ0v) is 11.8. The third-order valence-electron chi connectivity index (χ3n) is 1.59. The smallest absolute Gasteiger partial charge is 0.374 e. The van der Waals surface area contributed by atoms with Crippen LogP contribution in [0, 0.1) is 0 Å². The molecular formula is C8H20O3S2Si. The quantitative estimate of drug-likeness (QED) is 0.390. The van der Waals surface area contributed by atoms with E-state index in [9.17, 15) is 0 Å². The van der Waals surface area contributed by atoms with Gasteiger partial charge in [0.2, 0.25) is 0 Å². The van der Waals surface area contributed by atoms with E-state index < -0.39 is 8.80 Å². The summed E-state index contributed by atoms with van der Waals surface area (Å²) in [4.78, 5) is 0. The lowest BCUT2D eigenvalue weighted by atomic mass is 10.9. The Balaban J connectivity index is 4.21. The topological polar surface area (TPSA) is 27.7 Å². The van der Waals surface area contributed by atoms with Gasteiger partial charge in [0.15, 0.2) is 0 Å². The van der Waals surface area contributed by atoms with Gasteiger partial charge < -0.3 is 13.3 Å². The number of hydrogen-bond acceptors (Lipinski definition) is 5. The van der Waals surface area contributed by atoms with Crippen LogP contribution in [0.5, 0.6) is 0 Å². The van der Waals surface area contributed by atoms with Crippen molar-refractivity contribution in [3.63, 3.8) is 0 Å². The first-order valence-corrected chi connectivity index (χ1v) is 8.89. The second-order valence-corrected chi connectivity index (χ2v) is 6.74. The Morgan fingerprint density at radius 1 is 1.00 bits per heavy atom. The van der Waals surface area contributed by atoms with E-state index in [0.717, 1.165) is 11.8 Å². The summed E-state index contributed by atoms with van der Waals surface area (Å²) in [5, 5.41) is 0. The average molecular weight is 256 g/mol. The summed E-state index contributed by atoms with van der Waals surface area (Å²) in [7, 11) is -0.891. The van der Waals surface area contributed by atoms with Crippen molar-refractivity contribution in [1.29, 1.82) is 0 Å². The van der Waals surface area contributed by atoms with Gasteiger partial charge in [-0.2, -0.15) is 0 Å². The van der Waals surface area contributed by atoms with Crippen LogP contribution < -0.4 is 0 Å². The molecule has 0 atom stereocenters. The van der Waals surface area contributed by atoms with Crippen LogP contribution in [0.1, 0.15) is 20.8 Å². The minimum absolute atomic E-state index is 0.642. The van der Waals surface area contributed by atoms with Gasteiger partial charge in [-0.1, -0.05) is 10.8 Å². The first kappa shape index (κ1) is 14.8. The lowest BCUT2D eigenvalue weighted by Crippen LogP contribution is -2.46. The highest BCUT2D eigenvalue weighted by Crippen LogP contribution is 2.20. The van der Waals surface area contributed by atoms with Crippen molar-refractivity contribution >= 4 is 31.3 Å². The molecule has 0 aliphatic carbocycles. The third kappa shape index (κ3) is 5.62. The van der Waals surface area contributed by atoms with Crippen LogP contribution in [0.15, 0.2) is 0 Å². The molecule has 0 spiro atoms. The normalized spacial score (nSPS) is 12.0. The lowest BCUT2D eigenvalue weighted by Gasteiger charge is -2.28. The summed E-state index contributed by atoms with van der Waals surface area (Å²) in [6, 6.07) is 0.830. The molecule has 6 heteroatoms. The number of hydrogen-bond donors (Lipinski definition) is 1. The van der Waals surface area contributed by atoms with E-state index in [2.05, 4.69) is 11.7 Å². The van der Waals surface area contributed by atoms with Crippen molar-refractivity contribution in [2.24, 2.45) is 0 Å². The standard InChI is InChI=1S/C8H20O3S2Si/c1-4-9-14(10-5-2,11-6-3)8-7-13-12/h12H,4-8H2,1-3H3. The summed E-state index contributed by atoms with van der Waals surface area (Å²) in [5.74, 6) is 0.898. The van der Waals surface area contributed by atoms with Crippen molar-refractivity contribution in [3.8, 4) is 0 Å². The highest BCUT2D eigenvalue weighted by molar-refractivity contribution is 8.68. The van der Waals surface area contributed by atoms with E-state index in [1.807, 2.05) is 20.8 Å². The van der Waals surface area contributed by atoms with Crippen molar-refractivity contribution in [2.45, 2.75) is 26.8 Å². The van der Waals surface area contributed by atoms with Crippen molar-refractivity contribution in [3.05, 3.63) is 0 Å². The van der Waals surface area contributed by atoms with E-state index in [1.165, 1.54) is 10.8 Å². The molecule has 0 unspecified atom stereocenters. The highest BCUT2D eigenvalue weighted by atomic mass is 33.1. The SMILES string of the molecule is CCO[Si](CCSS)(OCC)OCC. The van der Waals surface area contributed by atoms with Crippen LogP contribution in [0.4, 0.5) is 0 Å². The van der Waals surface area contributed by atoms with E-state index in [1.54, 1.807) is 0 Å². The summed E-state index contributed by atoms with van der Waals surface area (Å²) in [6.07, 6.45) is 0. The second kappa shape index (κ2) is 9.05. The molecule has 0 aromatic rings. The van der Waals surface area contributed by atoms with Gasteiger partial charge in [0.05, 0.1) is 0 Å². The maximum absolute atomic E-state index is 5.66. The Morgan fingerprint density at radius 2 is 1.43 bits per heavy atom. The molecule has 0 saturated heterocycles. The predicted molar refractivity (Wildman–Crippen MR) is 66.9 cm³/mol. The zero-order valence-electron chi connectivity index (χ0n) is 9.12. The van der Waals surface area contributed by atoms with E-state index in [4.69, 9.17) is 13.3 Å². The first-order valence-electron chi connectivity index (χ1n) is 4.92. The predicted octanol–water partition coefficient (Wildman–Crippen LogP) is 2.61. The maximum atomic E-state index is 5.66. The third-order valence-corrected chi connectivity index (χ3v) is 5.94. The molecule has 3 nitrogen and oxygen atoms in total. The Morgan fingerprint density at radius 3 is 1.71 bits per heavy atom. The van der Waals surface area contributed by atoms with Gasteiger partial charge in [0.1, 0.15) is 0 Å². The van der Waals surface area contributed by atoms with Gasteiger partial charge in [-0.15, -0.1) is 11.7 Å². The van der Waals surface area contributed by atoms with Crippen LogP contribution in [-0.2, 0) is 13.3 Å². The minimum Gasteiger partial charge on any atom is -0.374 e. The van der Waals surface area contributed by atoms with Crippen LogP contribution in [-0.4, -0.2) is 34.4 Å².